The fraction of sp³-hybridized carbons (Fsp3) is 0.300. The number of anilines is 3. The minimum Gasteiger partial charge on any atom is -0.354 e. The average molecular weight is 531 g/mol. The number of hydrogen-bond donors (Lipinski definition) is 3. The number of amides is 1. The van der Waals surface area contributed by atoms with Crippen LogP contribution in [-0.4, -0.2) is 37.6 Å². The number of carbonyl (C=O) groups is 1. The van der Waals surface area contributed by atoms with Gasteiger partial charge in [0.2, 0.25) is 10.0 Å². The normalized spacial score (nSPS) is 21.0. The quantitative estimate of drug-likeness (QED) is 0.338. The zero-order valence-corrected chi connectivity index (χ0v) is 22.8. The van der Waals surface area contributed by atoms with Crippen molar-refractivity contribution in [2.75, 3.05) is 21.6 Å². The summed E-state index contributed by atoms with van der Waals surface area (Å²) >= 11 is 0. The van der Waals surface area contributed by atoms with E-state index in [2.05, 4.69) is 46.2 Å². The lowest BCUT2D eigenvalue weighted by molar-refractivity contribution is -0.110. The van der Waals surface area contributed by atoms with Gasteiger partial charge in [-0.15, -0.1) is 0 Å². The van der Waals surface area contributed by atoms with Gasteiger partial charge in [-0.2, -0.15) is 0 Å². The molecule has 3 aromatic rings. The molecule has 0 radical (unpaired) electrons. The van der Waals surface area contributed by atoms with Crippen LogP contribution in [0.15, 0.2) is 72.8 Å². The smallest absolute Gasteiger partial charge is 0.258 e. The number of piperidine rings is 1. The van der Waals surface area contributed by atoms with Crippen LogP contribution in [0, 0.1) is 0 Å². The van der Waals surface area contributed by atoms with Crippen molar-refractivity contribution < 1.29 is 13.2 Å². The molecule has 38 heavy (non-hydrogen) atoms. The predicted octanol–water partition coefficient (Wildman–Crippen LogP) is 5.75. The molecule has 1 saturated heterocycles. The third kappa shape index (κ3) is 5.76. The molecule has 1 fully saturated rings. The molecule has 0 spiro atoms. The van der Waals surface area contributed by atoms with E-state index in [1.54, 1.807) is 18.2 Å². The number of rotatable bonds is 7. The lowest BCUT2D eigenvalue weighted by Crippen LogP contribution is -2.42. The summed E-state index contributed by atoms with van der Waals surface area (Å²) in [5.41, 5.74) is 5.77. The Bertz CT molecular complexity index is 1460. The van der Waals surface area contributed by atoms with E-state index in [-0.39, 0.29) is 5.91 Å². The molecular formula is C30H34N4O3S. The van der Waals surface area contributed by atoms with Gasteiger partial charge in [0.1, 0.15) is 0 Å². The monoisotopic (exact) mass is 530 g/mol. The van der Waals surface area contributed by atoms with Crippen molar-refractivity contribution in [3.05, 3.63) is 89.5 Å². The molecule has 2 atom stereocenters. The van der Waals surface area contributed by atoms with Crippen molar-refractivity contribution in [1.82, 2.24) is 4.90 Å². The van der Waals surface area contributed by atoms with Crippen LogP contribution in [0.1, 0.15) is 49.8 Å². The van der Waals surface area contributed by atoms with Crippen LogP contribution >= 0.6 is 0 Å². The number of hydrogen-bond acceptors (Lipinski definition) is 5. The van der Waals surface area contributed by atoms with Gasteiger partial charge in [0.25, 0.3) is 5.91 Å². The van der Waals surface area contributed by atoms with Crippen LogP contribution < -0.4 is 15.4 Å². The maximum absolute atomic E-state index is 13.2. The Hall–Kier alpha value is -3.62. The van der Waals surface area contributed by atoms with Gasteiger partial charge >= 0.3 is 0 Å². The average Bonchev–Trinajstić information content (AvgIpc) is 3.20. The largest absolute Gasteiger partial charge is 0.354 e. The molecule has 8 heteroatoms. The molecule has 0 bridgehead atoms. The number of fused-ring (bicyclic) bond motifs is 1. The van der Waals surface area contributed by atoms with Crippen molar-refractivity contribution in [3.8, 4) is 0 Å². The van der Waals surface area contributed by atoms with E-state index in [9.17, 15) is 13.2 Å². The number of nitrogens with zero attached hydrogens (tertiary/aromatic N) is 1. The summed E-state index contributed by atoms with van der Waals surface area (Å²) in [6.07, 6.45) is 4.88. The molecule has 5 rings (SSSR count). The Morgan fingerprint density at radius 1 is 0.947 bits per heavy atom. The fourth-order valence-electron chi connectivity index (χ4n) is 5.41. The first kappa shape index (κ1) is 26.0. The van der Waals surface area contributed by atoms with E-state index >= 15 is 0 Å². The fourth-order valence-corrected chi connectivity index (χ4v) is 5.97. The van der Waals surface area contributed by atoms with Crippen LogP contribution in [0.4, 0.5) is 17.1 Å². The number of carbonyl (C=O) groups excluding carboxylic acids is 1. The molecule has 2 aliphatic heterocycles. The third-order valence-electron chi connectivity index (χ3n) is 7.34. The topological polar surface area (TPSA) is 90.5 Å². The molecule has 3 aromatic carbocycles. The third-order valence-corrected chi connectivity index (χ3v) is 7.95. The molecule has 2 unspecified atom stereocenters. The number of nitrogens with one attached hydrogen (secondary N) is 3. The summed E-state index contributed by atoms with van der Waals surface area (Å²) in [4.78, 5) is 15.8. The van der Waals surface area contributed by atoms with E-state index in [1.165, 1.54) is 24.8 Å². The van der Waals surface area contributed by atoms with Crippen molar-refractivity contribution in [3.63, 3.8) is 0 Å². The van der Waals surface area contributed by atoms with E-state index < -0.39 is 10.0 Å². The van der Waals surface area contributed by atoms with Crippen molar-refractivity contribution in [2.45, 2.75) is 51.7 Å². The summed E-state index contributed by atoms with van der Waals surface area (Å²) in [6.45, 7) is 5.54. The molecule has 0 aliphatic carbocycles. The van der Waals surface area contributed by atoms with E-state index in [0.717, 1.165) is 24.1 Å². The summed E-state index contributed by atoms with van der Waals surface area (Å²) in [6, 6.07) is 24.3. The second-order valence-electron chi connectivity index (χ2n) is 10.3. The molecule has 3 N–H and O–H groups in total. The SMILES string of the molecule is CC1CCCC(C)N1Cc1ccc(N/C(=C2\C(=O)Nc3ccc(NS(C)(=O)=O)cc32)c2ccccc2)cc1. The summed E-state index contributed by atoms with van der Waals surface area (Å²) in [5.74, 6) is -0.243. The minimum absolute atomic E-state index is 0.243. The van der Waals surface area contributed by atoms with Crippen LogP contribution in [0.3, 0.4) is 0 Å². The Morgan fingerprint density at radius 2 is 1.61 bits per heavy atom. The first-order valence-corrected chi connectivity index (χ1v) is 14.9. The molecule has 7 nitrogen and oxygen atoms in total. The highest BCUT2D eigenvalue weighted by atomic mass is 32.2. The number of benzene rings is 3. The Morgan fingerprint density at radius 3 is 2.26 bits per heavy atom. The molecule has 0 saturated carbocycles. The zero-order chi connectivity index (χ0) is 26.9. The van der Waals surface area contributed by atoms with Crippen LogP contribution in [0.25, 0.3) is 11.3 Å². The second-order valence-corrected chi connectivity index (χ2v) is 12.1. The maximum Gasteiger partial charge on any atom is 0.258 e. The van der Waals surface area contributed by atoms with E-state index in [4.69, 9.17) is 0 Å². The predicted molar refractivity (Wildman–Crippen MR) is 155 cm³/mol. The Labute approximate surface area is 225 Å². The van der Waals surface area contributed by atoms with Gasteiger partial charge in [-0.25, -0.2) is 8.42 Å². The van der Waals surface area contributed by atoms with Gasteiger partial charge < -0.3 is 10.6 Å². The van der Waals surface area contributed by atoms with Crippen molar-refractivity contribution in [1.29, 1.82) is 0 Å². The Kier molecular flexibility index (Phi) is 7.27. The van der Waals surface area contributed by atoms with Gasteiger partial charge in [-0.1, -0.05) is 48.9 Å². The summed E-state index contributed by atoms with van der Waals surface area (Å²) in [5, 5.41) is 6.41. The van der Waals surface area contributed by atoms with Crippen molar-refractivity contribution in [2.24, 2.45) is 0 Å². The molecule has 2 aliphatic rings. The first-order chi connectivity index (χ1) is 18.2. The Balaban J connectivity index is 1.49. The maximum atomic E-state index is 13.2. The van der Waals surface area contributed by atoms with Gasteiger partial charge in [0.05, 0.1) is 17.5 Å². The summed E-state index contributed by atoms with van der Waals surface area (Å²) < 4.78 is 26.1. The van der Waals surface area contributed by atoms with Gasteiger partial charge in [0.15, 0.2) is 0 Å². The minimum atomic E-state index is -3.46. The molecule has 198 valence electrons. The molecule has 1 amide bonds. The van der Waals surface area contributed by atoms with Crippen LogP contribution in [0.2, 0.25) is 0 Å². The standard InChI is InChI=1S/C30H34N4O3S/c1-20-8-7-9-21(2)34(20)19-22-12-14-24(15-13-22)31-29(23-10-5-4-6-11-23)28-26-18-25(33-38(3,36)37)16-17-27(26)32-30(28)35/h4-6,10-18,20-21,31,33H,7-9,19H2,1-3H3,(H,32,35)/b29-28-. The molecule has 2 heterocycles. The highest BCUT2D eigenvalue weighted by molar-refractivity contribution is 7.92. The van der Waals surface area contributed by atoms with Gasteiger partial charge in [0, 0.05) is 41.3 Å². The van der Waals surface area contributed by atoms with Gasteiger partial charge in [-0.3, -0.25) is 14.4 Å². The van der Waals surface area contributed by atoms with E-state index in [1.807, 2.05) is 42.5 Å². The van der Waals surface area contributed by atoms with Gasteiger partial charge in [-0.05, 0) is 68.1 Å². The number of sulfonamides is 1. The lowest BCUT2D eigenvalue weighted by atomic mass is 9.96. The van der Waals surface area contributed by atoms with E-state index in [0.29, 0.717) is 40.3 Å². The highest BCUT2D eigenvalue weighted by Gasteiger charge is 2.29. The summed E-state index contributed by atoms with van der Waals surface area (Å²) in [7, 11) is -3.46. The first-order valence-electron chi connectivity index (χ1n) is 13.0. The zero-order valence-electron chi connectivity index (χ0n) is 22.0. The highest BCUT2D eigenvalue weighted by Crippen LogP contribution is 2.39. The molecular weight excluding hydrogens is 496 g/mol. The van der Waals surface area contributed by atoms with Crippen LogP contribution in [-0.2, 0) is 21.4 Å². The van der Waals surface area contributed by atoms with Crippen LogP contribution in [0.5, 0.6) is 0 Å². The number of likely N-dealkylation sites (tertiary alicyclic amines) is 1. The lowest BCUT2D eigenvalue weighted by Gasteiger charge is -2.39. The molecule has 0 aromatic heterocycles. The second kappa shape index (κ2) is 10.6. The van der Waals surface area contributed by atoms with Crippen molar-refractivity contribution >= 4 is 44.3 Å².